The molecule has 166 valence electrons. The number of ether oxygens (including phenoxy) is 1. The van der Waals surface area contributed by atoms with Gasteiger partial charge in [-0.2, -0.15) is 0 Å². The number of benzene rings is 1. The van der Waals surface area contributed by atoms with E-state index in [4.69, 9.17) is 5.73 Å². The van der Waals surface area contributed by atoms with Gasteiger partial charge in [-0.3, -0.25) is 4.79 Å². The standard InChI is InChI=1S/C20H15F3N4O4S/c1-9(2)13-8-7-12-14(24)17(32-18(12)25-13)16(28)15-19(29)31-26-27(15)10-3-5-11(6-4-10)30-20(21,22)23/h3-9H,1-2H3,(H2-,24,26,28,29). The second kappa shape index (κ2) is 7.79. The largest absolute Gasteiger partial charge is 0.573 e. The number of alkyl halides is 3. The van der Waals surface area contributed by atoms with Crippen molar-refractivity contribution in [1.82, 2.24) is 10.3 Å². The molecule has 0 saturated heterocycles. The van der Waals surface area contributed by atoms with E-state index in [1.165, 1.54) is 12.1 Å². The monoisotopic (exact) mass is 464 g/mol. The number of rotatable bonds is 5. The van der Waals surface area contributed by atoms with Gasteiger partial charge in [-0.05, 0) is 34.9 Å². The van der Waals surface area contributed by atoms with E-state index in [2.05, 4.69) is 19.5 Å². The first kappa shape index (κ1) is 21.6. The van der Waals surface area contributed by atoms with Crippen molar-refractivity contribution in [2.75, 3.05) is 5.73 Å². The molecule has 3 heterocycles. The molecule has 0 aliphatic heterocycles. The zero-order valence-electron chi connectivity index (χ0n) is 16.6. The highest BCUT2D eigenvalue weighted by molar-refractivity contribution is 7.21. The summed E-state index contributed by atoms with van der Waals surface area (Å²) in [5.41, 5.74) is 6.81. The first-order chi connectivity index (χ1) is 15.0. The number of thiophene rings is 1. The molecule has 0 aliphatic rings. The fourth-order valence-corrected chi connectivity index (χ4v) is 4.05. The van der Waals surface area contributed by atoms with Crippen LogP contribution in [0.4, 0.5) is 18.9 Å². The van der Waals surface area contributed by atoms with Crippen molar-refractivity contribution in [3.8, 4) is 17.4 Å². The molecule has 1 aromatic carbocycles. The van der Waals surface area contributed by atoms with Crippen LogP contribution in [0.3, 0.4) is 0 Å². The highest BCUT2D eigenvalue weighted by Gasteiger charge is 2.33. The molecule has 32 heavy (non-hydrogen) atoms. The third-order valence-electron chi connectivity index (χ3n) is 4.55. The van der Waals surface area contributed by atoms with Crippen LogP contribution in [0, 0.1) is 0 Å². The molecular formula is C20H15F3N4O4S. The summed E-state index contributed by atoms with van der Waals surface area (Å²) < 4.78 is 46.5. The number of halogens is 3. The Kier molecular flexibility index (Phi) is 5.25. The number of hydrogen-bond donors (Lipinski definition) is 1. The van der Waals surface area contributed by atoms with Crippen molar-refractivity contribution >= 4 is 33.0 Å². The third-order valence-corrected chi connectivity index (χ3v) is 5.67. The summed E-state index contributed by atoms with van der Waals surface area (Å²) in [5.74, 6) is -2.06. The first-order valence-electron chi connectivity index (χ1n) is 9.24. The summed E-state index contributed by atoms with van der Waals surface area (Å²) in [6, 6.07) is 8.02. The highest BCUT2D eigenvalue weighted by atomic mass is 32.1. The number of hydrogen-bond acceptors (Lipinski definition) is 8. The molecule has 0 saturated carbocycles. The maximum absolute atomic E-state index is 13.2. The number of carbonyl (C=O) groups excluding carboxylic acids is 1. The van der Waals surface area contributed by atoms with Crippen LogP contribution in [0.2, 0.25) is 0 Å². The average molecular weight is 464 g/mol. The molecule has 0 spiro atoms. The van der Waals surface area contributed by atoms with Crippen LogP contribution in [-0.2, 0) is 0 Å². The van der Waals surface area contributed by atoms with E-state index in [9.17, 15) is 23.1 Å². The summed E-state index contributed by atoms with van der Waals surface area (Å²) >= 11 is 1.03. The average Bonchev–Trinajstić information content (AvgIpc) is 3.27. The van der Waals surface area contributed by atoms with Gasteiger partial charge in [0.15, 0.2) is 5.95 Å². The minimum absolute atomic E-state index is 0.0829. The minimum atomic E-state index is -4.85. The maximum atomic E-state index is 13.2. The Morgan fingerprint density at radius 1 is 1.22 bits per heavy atom. The number of pyridine rings is 1. The summed E-state index contributed by atoms with van der Waals surface area (Å²) in [6.45, 7) is 3.96. The van der Waals surface area contributed by atoms with E-state index in [0.717, 1.165) is 33.8 Å². The van der Waals surface area contributed by atoms with Gasteiger partial charge in [-0.25, -0.2) is 4.98 Å². The third kappa shape index (κ3) is 3.96. The van der Waals surface area contributed by atoms with Gasteiger partial charge in [0.1, 0.15) is 15.5 Å². The molecule has 0 atom stereocenters. The lowest BCUT2D eigenvalue weighted by Gasteiger charge is -2.07. The van der Waals surface area contributed by atoms with Gasteiger partial charge < -0.3 is 20.1 Å². The molecule has 12 heteroatoms. The summed E-state index contributed by atoms with van der Waals surface area (Å²) in [6.07, 6.45) is -4.85. The number of carbonyl (C=O) groups is 1. The predicted molar refractivity (Wildman–Crippen MR) is 106 cm³/mol. The molecule has 0 unspecified atom stereocenters. The van der Waals surface area contributed by atoms with Crippen LogP contribution in [-0.4, -0.2) is 22.4 Å². The number of nitrogens with zero attached hydrogens (tertiary/aromatic N) is 3. The molecular weight excluding hydrogens is 449 g/mol. The number of nitrogens with two attached hydrogens (primary N) is 1. The zero-order chi connectivity index (χ0) is 23.2. The summed E-state index contributed by atoms with van der Waals surface area (Å²) in [5, 5.41) is 16.4. The van der Waals surface area contributed by atoms with Gasteiger partial charge in [0.05, 0.1) is 11.0 Å². The Balaban J connectivity index is 1.73. The summed E-state index contributed by atoms with van der Waals surface area (Å²) in [7, 11) is 0. The second-order valence-corrected chi connectivity index (χ2v) is 8.08. The van der Waals surface area contributed by atoms with Crippen LogP contribution in [0.1, 0.15) is 40.8 Å². The fourth-order valence-electron chi connectivity index (χ4n) is 3.01. The maximum Gasteiger partial charge on any atom is 0.573 e. The fraction of sp³-hybridized carbons (Fsp3) is 0.200. The van der Waals surface area contributed by atoms with Gasteiger partial charge in [0, 0.05) is 23.2 Å². The number of anilines is 1. The summed E-state index contributed by atoms with van der Waals surface area (Å²) in [4.78, 5) is 18.3. The van der Waals surface area contributed by atoms with Crippen molar-refractivity contribution in [2.45, 2.75) is 26.1 Å². The van der Waals surface area contributed by atoms with E-state index in [-0.39, 0.29) is 22.2 Å². The van der Waals surface area contributed by atoms with Gasteiger partial charge in [-0.15, -0.1) is 24.5 Å². The molecule has 0 fully saturated rings. The highest BCUT2D eigenvalue weighted by Crippen LogP contribution is 2.35. The van der Waals surface area contributed by atoms with Gasteiger partial charge in [0.25, 0.3) is 5.78 Å². The lowest BCUT2D eigenvalue weighted by atomic mass is 10.1. The van der Waals surface area contributed by atoms with E-state index in [0.29, 0.717) is 10.2 Å². The zero-order valence-corrected chi connectivity index (χ0v) is 17.5. The number of fused-ring (bicyclic) bond motifs is 1. The van der Waals surface area contributed by atoms with Crippen LogP contribution < -0.4 is 20.3 Å². The van der Waals surface area contributed by atoms with E-state index in [1.54, 1.807) is 6.07 Å². The molecule has 4 rings (SSSR count). The molecule has 0 amide bonds. The lowest BCUT2D eigenvalue weighted by Crippen LogP contribution is -2.39. The first-order valence-corrected chi connectivity index (χ1v) is 10.1. The topological polar surface area (TPSA) is 118 Å². The van der Waals surface area contributed by atoms with Crippen LogP contribution in [0.25, 0.3) is 15.9 Å². The number of ketones is 1. The van der Waals surface area contributed by atoms with Crippen LogP contribution in [0.15, 0.2) is 40.9 Å². The Bertz CT molecular complexity index is 1310. The van der Waals surface area contributed by atoms with Gasteiger partial charge in [0.2, 0.25) is 5.69 Å². The molecule has 0 radical (unpaired) electrons. The second-order valence-electron chi connectivity index (χ2n) is 7.08. The SMILES string of the molecule is CC(C)c1ccc2c(N)c(C(=O)c3c([O-])on[n+]3-c3ccc(OC(F)(F)F)cc3)sc2n1. The Labute approximate surface area is 182 Å². The van der Waals surface area contributed by atoms with Crippen molar-refractivity contribution in [3.63, 3.8) is 0 Å². The Morgan fingerprint density at radius 3 is 2.53 bits per heavy atom. The molecule has 2 N–H and O–H groups in total. The van der Waals surface area contributed by atoms with Crippen LogP contribution in [0.5, 0.6) is 11.7 Å². The van der Waals surface area contributed by atoms with Crippen molar-refractivity contribution in [3.05, 3.63) is 52.7 Å². The molecule has 0 aliphatic carbocycles. The van der Waals surface area contributed by atoms with Gasteiger partial charge >= 0.3 is 12.1 Å². The number of nitrogen functional groups attached to an aromatic ring is 1. The molecule has 3 aromatic heterocycles. The van der Waals surface area contributed by atoms with Crippen molar-refractivity contribution in [1.29, 1.82) is 0 Å². The normalized spacial score (nSPS) is 11.9. The quantitative estimate of drug-likeness (QED) is 0.355. The molecule has 0 bridgehead atoms. The smallest absolute Gasteiger partial charge is 0.539 e. The van der Waals surface area contributed by atoms with E-state index < -0.39 is 29.5 Å². The number of aromatic nitrogens is 3. The van der Waals surface area contributed by atoms with E-state index in [1.807, 2.05) is 19.9 Å². The minimum Gasteiger partial charge on any atom is -0.539 e. The van der Waals surface area contributed by atoms with Crippen molar-refractivity contribution in [2.24, 2.45) is 0 Å². The van der Waals surface area contributed by atoms with Gasteiger partial charge in [-0.1, -0.05) is 13.8 Å². The molecule has 4 aromatic rings. The predicted octanol–water partition coefficient (Wildman–Crippen LogP) is 3.47. The molecule has 8 nitrogen and oxygen atoms in total. The Morgan fingerprint density at radius 2 is 1.91 bits per heavy atom. The van der Waals surface area contributed by atoms with E-state index >= 15 is 0 Å². The lowest BCUT2D eigenvalue weighted by molar-refractivity contribution is -0.672. The van der Waals surface area contributed by atoms with Crippen molar-refractivity contribution < 1.29 is 37.0 Å². The van der Waals surface area contributed by atoms with Crippen LogP contribution >= 0.6 is 11.3 Å². The Hall–Kier alpha value is -3.67.